The first-order valence-electron chi connectivity index (χ1n) is 9.07. The minimum atomic E-state index is -3.67. The number of rotatable bonds is 5. The summed E-state index contributed by atoms with van der Waals surface area (Å²) in [6, 6.07) is 11.9. The standard InChI is InChI=1S/C20H18FN3O4S2/c1-28-13-6-8-14(9-7-13)30(26,27)24-11-10-17-18(12-24)29-20(22-17)23-19(25)15-4-2-3-5-16(15)21/h2-9H,10-12H2,1H3,(H,22,23,25). The topological polar surface area (TPSA) is 88.6 Å². The summed E-state index contributed by atoms with van der Waals surface area (Å²) in [5.41, 5.74) is 0.666. The average Bonchev–Trinajstić information content (AvgIpc) is 3.15. The summed E-state index contributed by atoms with van der Waals surface area (Å²) in [4.78, 5) is 17.6. The molecule has 0 bridgehead atoms. The fourth-order valence-corrected chi connectivity index (χ4v) is 5.65. The van der Waals surface area contributed by atoms with E-state index in [0.29, 0.717) is 17.3 Å². The molecule has 1 aliphatic rings. The lowest BCUT2D eigenvalue weighted by atomic mass is 10.2. The van der Waals surface area contributed by atoms with Crippen molar-refractivity contribution < 1.29 is 22.3 Å². The van der Waals surface area contributed by atoms with E-state index in [9.17, 15) is 17.6 Å². The molecule has 0 atom stereocenters. The van der Waals surface area contributed by atoms with Gasteiger partial charge in [-0.1, -0.05) is 12.1 Å². The van der Waals surface area contributed by atoms with E-state index >= 15 is 0 Å². The molecular weight excluding hydrogens is 429 g/mol. The maximum atomic E-state index is 13.8. The number of amides is 1. The lowest BCUT2D eigenvalue weighted by Gasteiger charge is -2.25. The zero-order chi connectivity index (χ0) is 21.3. The highest BCUT2D eigenvalue weighted by atomic mass is 32.2. The first-order valence-corrected chi connectivity index (χ1v) is 11.3. The molecule has 7 nitrogen and oxygen atoms in total. The van der Waals surface area contributed by atoms with Gasteiger partial charge in [0.1, 0.15) is 11.6 Å². The van der Waals surface area contributed by atoms with Gasteiger partial charge in [0.2, 0.25) is 10.0 Å². The number of hydrogen-bond acceptors (Lipinski definition) is 6. The predicted molar refractivity (Wildman–Crippen MR) is 111 cm³/mol. The monoisotopic (exact) mass is 447 g/mol. The van der Waals surface area contributed by atoms with Crippen molar-refractivity contribution in [3.8, 4) is 5.75 Å². The lowest BCUT2D eigenvalue weighted by molar-refractivity contribution is 0.102. The number of carbonyl (C=O) groups excluding carboxylic acids is 1. The Kier molecular flexibility index (Phi) is 5.54. The molecule has 1 aliphatic heterocycles. The average molecular weight is 448 g/mol. The van der Waals surface area contributed by atoms with E-state index in [1.807, 2.05) is 0 Å². The molecule has 0 aliphatic carbocycles. The predicted octanol–water partition coefficient (Wildman–Crippen LogP) is 3.29. The number of methoxy groups -OCH3 is 1. The second kappa shape index (κ2) is 8.13. The third-order valence-electron chi connectivity index (χ3n) is 4.73. The van der Waals surface area contributed by atoms with Crippen LogP contribution in [0.15, 0.2) is 53.4 Å². The van der Waals surface area contributed by atoms with E-state index in [-0.39, 0.29) is 23.5 Å². The van der Waals surface area contributed by atoms with Crippen LogP contribution in [0.1, 0.15) is 20.9 Å². The first kappa shape index (κ1) is 20.5. The summed E-state index contributed by atoms with van der Waals surface area (Å²) in [5.74, 6) is -0.637. The van der Waals surface area contributed by atoms with E-state index in [1.165, 1.54) is 53.1 Å². The molecule has 1 amide bonds. The number of benzene rings is 2. The number of fused-ring (bicyclic) bond motifs is 1. The zero-order valence-electron chi connectivity index (χ0n) is 16.0. The Labute approximate surface area is 177 Å². The fraction of sp³-hybridized carbons (Fsp3) is 0.200. The maximum absolute atomic E-state index is 13.8. The minimum Gasteiger partial charge on any atom is -0.497 e. The summed E-state index contributed by atoms with van der Waals surface area (Å²) in [7, 11) is -2.16. The van der Waals surface area contributed by atoms with Gasteiger partial charge in [0.05, 0.1) is 29.8 Å². The molecule has 0 radical (unpaired) electrons. The van der Waals surface area contributed by atoms with Crippen LogP contribution < -0.4 is 10.1 Å². The second-order valence-corrected chi connectivity index (χ2v) is 9.61. The number of nitrogens with one attached hydrogen (secondary N) is 1. The van der Waals surface area contributed by atoms with E-state index in [1.54, 1.807) is 18.2 Å². The molecule has 2 heterocycles. The fourth-order valence-electron chi connectivity index (χ4n) is 3.14. The third kappa shape index (κ3) is 3.93. The quantitative estimate of drug-likeness (QED) is 0.648. The largest absolute Gasteiger partial charge is 0.497 e. The number of ether oxygens (including phenoxy) is 1. The van der Waals surface area contributed by atoms with Gasteiger partial charge in [0, 0.05) is 17.8 Å². The van der Waals surface area contributed by atoms with Crippen LogP contribution in [0.25, 0.3) is 0 Å². The van der Waals surface area contributed by atoms with Gasteiger partial charge in [-0.05, 0) is 36.4 Å². The normalized spacial score (nSPS) is 14.2. The Morgan fingerprint density at radius 3 is 2.63 bits per heavy atom. The molecule has 156 valence electrons. The van der Waals surface area contributed by atoms with Crippen LogP contribution in [0, 0.1) is 5.82 Å². The van der Waals surface area contributed by atoms with Crippen LogP contribution in [-0.2, 0) is 23.0 Å². The molecular formula is C20H18FN3O4S2. The van der Waals surface area contributed by atoms with Crippen LogP contribution in [0.3, 0.4) is 0 Å². The number of aromatic nitrogens is 1. The van der Waals surface area contributed by atoms with Crippen molar-refractivity contribution in [3.05, 3.63) is 70.5 Å². The van der Waals surface area contributed by atoms with Crippen molar-refractivity contribution in [3.63, 3.8) is 0 Å². The summed E-state index contributed by atoms with van der Waals surface area (Å²) in [6.45, 7) is 0.447. The molecule has 0 fully saturated rings. The van der Waals surface area contributed by atoms with Crippen molar-refractivity contribution in [2.24, 2.45) is 0 Å². The lowest BCUT2D eigenvalue weighted by Crippen LogP contribution is -2.35. The van der Waals surface area contributed by atoms with Gasteiger partial charge in [0.15, 0.2) is 5.13 Å². The number of carbonyl (C=O) groups is 1. The highest BCUT2D eigenvalue weighted by Crippen LogP contribution is 2.31. The van der Waals surface area contributed by atoms with Crippen molar-refractivity contribution in [1.82, 2.24) is 9.29 Å². The van der Waals surface area contributed by atoms with Crippen LogP contribution in [0.5, 0.6) is 5.75 Å². The summed E-state index contributed by atoms with van der Waals surface area (Å²) in [6.07, 6.45) is 0.427. The molecule has 1 N–H and O–H groups in total. The van der Waals surface area contributed by atoms with Gasteiger partial charge in [-0.3, -0.25) is 10.1 Å². The van der Waals surface area contributed by atoms with Crippen LogP contribution in [-0.4, -0.2) is 37.3 Å². The Morgan fingerprint density at radius 1 is 1.20 bits per heavy atom. The zero-order valence-corrected chi connectivity index (χ0v) is 17.6. The van der Waals surface area contributed by atoms with Gasteiger partial charge in [-0.15, -0.1) is 11.3 Å². The van der Waals surface area contributed by atoms with Crippen LogP contribution in [0.4, 0.5) is 9.52 Å². The molecule has 30 heavy (non-hydrogen) atoms. The highest BCUT2D eigenvalue weighted by molar-refractivity contribution is 7.89. The Balaban J connectivity index is 1.51. The maximum Gasteiger partial charge on any atom is 0.260 e. The molecule has 0 unspecified atom stereocenters. The van der Waals surface area contributed by atoms with Crippen molar-refractivity contribution >= 4 is 32.4 Å². The molecule has 2 aromatic carbocycles. The van der Waals surface area contributed by atoms with Crippen LogP contribution in [0.2, 0.25) is 0 Å². The Hall–Kier alpha value is -2.82. The van der Waals surface area contributed by atoms with Gasteiger partial charge in [0.25, 0.3) is 5.91 Å². The van der Waals surface area contributed by atoms with E-state index < -0.39 is 21.7 Å². The molecule has 1 aromatic heterocycles. The molecule has 4 rings (SSSR count). The molecule has 3 aromatic rings. The molecule has 10 heteroatoms. The Morgan fingerprint density at radius 2 is 1.93 bits per heavy atom. The minimum absolute atomic E-state index is 0.0746. The number of nitrogens with zero attached hydrogens (tertiary/aromatic N) is 2. The van der Waals surface area contributed by atoms with Gasteiger partial charge in [-0.2, -0.15) is 4.31 Å². The number of thiazole rings is 1. The number of hydrogen-bond donors (Lipinski definition) is 1. The van der Waals surface area contributed by atoms with E-state index in [0.717, 1.165) is 10.6 Å². The SMILES string of the molecule is COc1ccc(S(=O)(=O)N2CCc3nc(NC(=O)c4ccccc4F)sc3C2)cc1. The van der Waals surface area contributed by atoms with Crippen molar-refractivity contribution in [2.75, 3.05) is 19.0 Å². The molecule has 0 spiro atoms. The van der Waals surface area contributed by atoms with Crippen molar-refractivity contribution in [2.45, 2.75) is 17.9 Å². The summed E-state index contributed by atoms with van der Waals surface area (Å²) in [5, 5.41) is 2.92. The van der Waals surface area contributed by atoms with E-state index in [4.69, 9.17) is 4.74 Å². The smallest absolute Gasteiger partial charge is 0.260 e. The molecule has 0 saturated carbocycles. The summed E-state index contributed by atoms with van der Waals surface area (Å²) >= 11 is 1.19. The van der Waals surface area contributed by atoms with Crippen LogP contribution >= 0.6 is 11.3 Å². The van der Waals surface area contributed by atoms with E-state index in [2.05, 4.69) is 10.3 Å². The number of sulfonamides is 1. The highest BCUT2D eigenvalue weighted by Gasteiger charge is 2.30. The Bertz CT molecular complexity index is 1190. The first-order chi connectivity index (χ1) is 14.4. The molecule has 0 saturated heterocycles. The summed E-state index contributed by atoms with van der Waals surface area (Å²) < 4.78 is 46.2. The second-order valence-electron chi connectivity index (χ2n) is 6.59. The third-order valence-corrected chi connectivity index (χ3v) is 7.59. The van der Waals surface area contributed by atoms with Gasteiger partial charge >= 0.3 is 0 Å². The van der Waals surface area contributed by atoms with Gasteiger partial charge in [-0.25, -0.2) is 17.8 Å². The number of anilines is 1. The van der Waals surface area contributed by atoms with Gasteiger partial charge < -0.3 is 4.74 Å². The van der Waals surface area contributed by atoms with Crippen molar-refractivity contribution in [1.29, 1.82) is 0 Å². The number of halogens is 1.